The maximum absolute atomic E-state index is 11.6. The standard InChI is InChI=1S/C8H13N3O3S/c1-3-11-6(5-7(9)10-11)8(12)15(13,14)4-2/h5H,3-4H2,1-2H3,(H2,9,10). The minimum absolute atomic E-state index is 0.0249. The maximum atomic E-state index is 11.6. The molecule has 1 rings (SSSR count). The van der Waals surface area contributed by atoms with Crippen molar-refractivity contribution in [2.24, 2.45) is 0 Å². The van der Waals surface area contributed by atoms with Crippen LogP contribution in [0.4, 0.5) is 5.82 Å². The molecule has 2 N–H and O–H groups in total. The monoisotopic (exact) mass is 231 g/mol. The summed E-state index contributed by atoms with van der Waals surface area (Å²) in [5, 5.41) is 2.89. The first-order valence-corrected chi connectivity index (χ1v) is 6.18. The van der Waals surface area contributed by atoms with Crippen molar-refractivity contribution < 1.29 is 13.2 Å². The molecule has 1 aromatic rings. The highest BCUT2D eigenvalue weighted by Gasteiger charge is 2.25. The third kappa shape index (κ3) is 2.17. The molecule has 0 aromatic carbocycles. The van der Waals surface area contributed by atoms with Crippen LogP contribution in [0.25, 0.3) is 0 Å². The van der Waals surface area contributed by atoms with E-state index in [9.17, 15) is 13.2 Å². The van der Waals surface area contributed by atoms with Crippen LogP contribution < -0.4 is 5.73 Å². The fraction of sp³-hybridized carbons (Fsp3) is 0.500. The average Bonchev–Trinajstić information content (AvgIpc) is 2.58. The lowest BCUT2D eigenvalue weighted by molar-refractivity contribution is 0.106. The number of aryl methyl sites for hydroxylation is 1. The van der Waals surface area contributed by atoms with Crippen LogP contribution >= 0.6 is 0 Å². The first kappa shape index (κ1) is 11.7. The zero-order chi connectivity index (χ0) is 11.6. The van der Waals surface area contributed by atoms with Gasteiger partial charge in [0.1, 0.15) is 11.5 Å². The van der Waals surface area contributed by atoms with Gasteiger partial charge in [-0.25, -0.2) is 8.42 Å². The molecule has 0 aliphatic heterocycles. The molecule has 0 bridgehead atoms. The highest BCUT2D eigenvalue weighted by atomic mass is 32.2. The van der Waals surface area contributed by atoms with Crippen molar-refractivity contribution in [3.63, 3.8) is 0 Å². The first-order valence-electron chi connectivity index (χ1n) is 4.52. The van der Waals surface area contributed by atoms with E-state index >= 15 is 0 Å². The van der Waals surface area contributed by atoms with Crippen molar-refractivity contribution in [2.45, 2.75) is 20.4 Å². The lowest BCUT2D eigenvalue weighted by Crippen LogP contribution is -2.20. The molecule has 15 heavy (non-hydrogen) atoms. The van der Waals surface area contributed by atoms with Gasteiger partial charge in [-0.2, -0.15) is 5.10 Å². The molecule has 0 unspecified atom stereocenters. The van der Waals surface area contributed by atoms with E-state index in [0.29, 0.717) is 6.54 Å². The molecule has 0 fully saturated rings. The van der Waals surface area contributed by atoms with E-state index in [4.69, 9.17) is 5.73 Å². The molecule has 84 valence electrons. The molecule has 0 saturated carbocycles. The van der Waals surface area contributed by atoms with Gasteiger partial charge in [-0.15, -0.1) is 0 Å². The number of nitrogens with two attached hydrogens (primary N) is 1. The van der Waals surface area contributed by atoms with Gasteiger partial charge in [0.2, 0.25) is 9.84 Å². The van der Waals surface area contributed by atoms with Crippen LogP contribution in [0.15, 0.2) is 6.07 Å². The van der Waals surface area contributed by atoms with Gasteiger partial charge < -0.3 is 5.73 Å². The van der Waals surface area contributed by atoms with Crippen molar-refractivity contribution in [2.75, 3.05) is 11.5 Å². The van der Waals surface area contributed by atoms with Crippen LogP contribution in [0.1, 0.15) is 24.3 Å². The quantitative estimate of drug-likeness (QED) is 0.793. The van der Waals surface area contributed by atoms with E-state index in [2.05, 4.69) is 5.10 Å². The van der Waals surface area contributed by atoms with Gasteiger partial charge in [0, 0.05) is 12.6 Å². The topological polar surface area (TPSA) is 95.1 Å². The second-order valence-corrected chi connectivity index (χ2v) is 5.14. The van der Waals surface area contributed by atoms with E-state index < -0.39 is 15.0 Å². The number of hydrogen-bond donors (Lipinski definition) is 1. The molecule has 0 aliphatic rings. The van der Waals surface area contributed by atoms with Crippen molar-refractivity contribution in [1.29, 1.82) is 0 Å². The molecular weight excluding hydrogens is 218 g/mol. The Morgan fingerprint density at radius 2 is 2.13 bits per heavy atom. The number of carbonyl (C=O) groups excluding carboxylic acids is 1. The van der Waals surface area contributed by atoms with Crippen LogP contribution in [0, 0.1) is 0 Å². The highest BCUT2D eigenvalue weighted by molar-refractivity contribution is 8.06. The van der Waals surface area contributed by atoms with E-state index in [-0.39, 0.29) is 17.3 Å². The van der Waals surface area contributed by atoms with Crippen LogP contribution in [-0.4, -0.2) is 29.1 Å². The van der Waals surface area contributed by atoms with Gasteiger partial charge in [-0.1, -0.05) is 6.92 Å². The number of hydrogen-bond acceptors (Lipinski definition) is 5. The van der Waals surface area contributed by atoms with E-state index in [1.165, 1.54) is 17.7 Å². The summed E-state index contributed by atoms with van der Waals surface area (Å²) in [6.45, 7) is 3.57. The minimum Gasteiger partial charge on any atom is -0.382 e. The van der Waals surface area contributed by atoms with Crippen molar-refractivity contribution >= 4 is 20.8 Å². The summed E-state index contributed by atoms with van der Waals surface area (Å²) in [7, 11) is -3.73. The van der Waals surface area contributed by atoms with Gasteiger partial charge in [0.25, 0.3) is 5.12 Å². The van der Waals surface area contributed by atoms with E-state index in [1.807, 2.05) is 0 Å². The molecular formula is C8H13N3O3S. The number of sulfone groups is 1. The number of nitrogen functional groups attached to an aromatic ring is 1. The molecule has 0 aliphatic carbocycles. The smallest absolute Gasteiger partial charge is 0.294 e. The fourth-order valence-electron chi connectivity index (χ4n) is 1.13. The predicted octanol–water partition coefficient (Wildman–Crippen LogP) is 0.0601. The highest BCUT2D eigenvalue weighted by Crippen LogP contribution is 2.10. The zero-order valence-electron chi connectivity index (χ0n) is 8.60. The fourth-order valence-corrected chi connectivity index (χ4v) is 1.88. The van der Waals surface area contributed by atoms with Crippen LogP contribution in [0.5, 0.6) is 0 Å². The normalized spacial score (nSPS) is 11.6. The van der Waals surface area contributed by atoms with Crippen molar-refractivity contribution in [3.8, 4) is 0 Å². The molecule has 0 spiro atoms. The Bertz CT molecular complexity index is 475. The second kappa shape index (κ2) is 4.01. The largest absolute Gasteiger partial charge is 0.382 e. The summed E-state index contributed by atoms with van der Waals surface area (Å²) in [5.41, 5.74) is 5.42. The molecule has 0 atom stereocenters. The summed E-state index contributed by atoms with van der Waals surface area (Å²) in [4.78, 5) is 11.6. The lowest BCUT2D eigenvalue weighted by Gasteiger charge is -2.02. The first-order chi connectivity index (χ1) is 6.92. The Labute approximate surface area is 88.0 Å². The summed E-state index contributed by atoms with van der Waals surface area (Å²) >= 11 is 0. The Hall–Kier alpha value is -1.37. The molecule has 1 aromatic heterocycles. The van der Waals surface area contributed by atoms with E-state index in [0.717, 1.165) is 0 Å². The van der Waals surface area contributed by atoms with Crippen molar-refractivity contribution in [3.05, 3.63) is 11.8 Å². The number of anilines is 1. The molecule has 6 nitrogen and oxygen atoms in total. The van der Waals surface area contributed by atoms with Gasteiger partial charge in [-0.3, -0.25) is 9.48 Å². The van der Waals surface area contributed by atoms with Gasteiger partial charge in [0.05, 0.1) is 5.75 Å². The Morgan fingerprint density at radius 1 is 1.53 bits per heavy atom. The predicted molar refractivity (Wildman–Crippen MR) is 56.1 cm³/mol. The average molecular weight is 231 g/mol. The number of aromatic nitrogens is 2. The Balaban J connectivity index is 3.23. The molecule has 1 heterocycles. The van der Waals surface area contributed by atoms with Gasteiger partial charge >= 0.3 is 0 Å². The summed E-state index contributed by atoms with van der Waals surface area (Å²) in [6, 6.07) is 1.28. The van der Waals surface area contributed by atoms with Crippen LogP contribution in [-0.2, 0) is 16.4 Å². The molecule has 0 radical (unpaired) electrons. The van der Waals surface area contributed by atoms with Crippen LogP contribution in [0.2, 0.25) is 0 Å². The number of nitrogens with zero attached hydrogens (tertiary/aromatic N) is 2. The third-order valence-electron chi connectivity index (χ3n) is 1.97. The zero-order valence-corrected chi connectivity index (χ0v) is 9.41. The molecule has 7 heteroatoms. The molecule has 0 amide bonds. The number of carbonyl (C=O) groups is 1. The molecule has 0 saturated heterocycles. The third-order valence-corrected chi connectivity index (χ3v) is 3.50. The summed E-state index contributed by atoms with van der Waals surface area (Å²) < 4.78 is 24.0. The summed E-state index contributed by atoms with van der Waals surface area (Å²) in [6.07, 6.45) is 0. The minimum atomic E-state index is -3.73. The van der Waals surface area contributed by atoms with Crippen molar-refractivity contribution in [1.82, 2.24) is 9.78 Å². The maximum Gasteiger partial charge on any atom is 0.294 e. The summed E-state index contributed by atoms with van der Waals surface area (Å²) in [5.74, 6) is -0.0767. The van der Waals surface area contributed by atoms with Gasteiger partial charge in [-0.05, 0) is 6.92 Å². The SMILES string of the molecule is CCn1nc(N)cc1C(=O)S(=O)(=O)CC. The lowest BCUT2D eigenvalue weighted by atomic mass is 10.4. The van der Waals surface area contributed by atoms with Gasteiger partial charge in [0.15, 0.2) is 0 Å². The Morgan fingerprint density at radius 3 is 2.60 bits per heavy atom. The van der Waals surface area contributed by atoms with E-state index in [1.54, 1.807) is 6.92 Å². The van der Waals surface area contributed by atoms with Crippen LogP contribution in [0.3, 0.4) is 0 Å². The second-order valence-electron chi connectivity index (χ2n) is 2.96. The number of rotatable bonds is 3. The Kier molecular flexibility index (Phi) is 3.13.